The first-order valence-electron chi connectivity index (χ1n) is 7.17. The third kappa shape index (κ3) is 2.67. The number of aromatic nitrogens is 3. The van der Waals surface area contributed by atoms with E-state index in [0.717, 1.165) is 6.42 Å². The van der Waals surface area contributed by atoms with Crippen LogP contribution in [0.1, 0.15) is 35.7 Å². The van der Waals surface area contributed by atoms with E-state index in [2.05, 4.69) is 15.4 Å². The molecule has 23 heavy (non-hydrogen) atoms. The van der Waals surface area contributed by atoms with Gasteiger partial charge in [-0.2, -0.15) is 0 Å². The van der Waals surface area contributed by atoms with Crippen molar-refractivity contribution in [2.45, 2.75) is 31.7 Å². The van der Waals surface area contributed by atoms with Gasteiger partial charge in [0.15, 0.2) is 0 Å². The smallest absolute Gasteiger partial charge is 0.329 e. The number of carbonyl (C=O) groups excluding carboxylic acids is 1. The molecule has 7 nitrogen and oxygen atoms in total. The number of benzene rings is 1. The van der Waals surface area contributed by atoms with Crippen LogP contribution < -0.4 is 5.32 Å². The second-order valence-electron chi connectivity index (χ2n) is 5.57. The Hall–Kier alpha value is -2.77. The Balaban J connectivity index is 1.84. The summed E-state index contributed by atoms with van der Waals surface area (Å²) in [5.41, 5.74) is -0.654. The Morgan fingerprint density at radius 2 is 1.96 bits per heavy atom. The lowest BCUT2D eigenvalue weighted by atomic mass is 9.77. The summed E-state index contributed by atoms with van der Waals surface area (Å²) in [5, 5.41) is 15.8. The molecule has 1 amide bonds. The average Bonchev–Trinajstić information content (AvgIpc) is 2.85. The minimum atomic E-state index is -1.22. The quantitative estimate of drug-likeness (QED) is 0.889. The molecule has 8 heteroatoms. The number of hydrogen-bond donors (Lipinski definition) is 2. The highest BCUT2D eigenvalue weighted by Crippen LogP contribution is 2.32. The molecule has 1 aliphatic carbocycles. The number of nitrogens with zero attached hydrogens (tertiary/aromatic N) is 3. The number of carboxylic acid groups (broad SMARTS) is 1. The Labute approximate surface area is 131 Å². The molecule has 3 rings (SSSR count). The van der Waals surface area contributed by atoms with Crippen molar-refractivity contribution in [1.82, 2.24) is 20.1 Å². The Kier molecular flexibility index (Phi) is 3.59. The molecule has 0 aliphatic heterocycles. The summed E-state index contributed by atoms with van der Waals surface area (Å²) in [6, 6.07) is 5.60. The molecule has 0 atom stereocenters. The van der Waals surface area contributed by atoms with E-state index in [-0.39, 0.29) is 11.6 Å². The third-order valence-electron chi connectivity index (χ3n) is 4.01. The molecule has 0 unspecified atom stereocenters. The fourth-order valence-electron chi connectivity index (χ4n) is 2.51. The van der Waals surface area contributed by atoms with Crippen LogP contribution in [0, 0.1) is 12.7 Å². The molecule has 1 saturated carbocycles. The van der Waals surface area contributed by atoms with Gasteiger partial charge in [0.1, 0.15) is 17.2 Å². The first-order valence-corrected chi connectivity index (χ1v) is 7.17. The van der Waals surface area contributed by atoms with Crippen LogP contribution >= 0.6 is 0 Å². The minimum absolute atomic E-state index is 0.112. The van der Waals surface area contributed by atoms with Crippen LogP contribution in [0.15, 0.2) is 24.3 Å². The highest BCUT2D eigenvalue weighted by Gasteiger charge is 2.46. The number of rotatable bonds is 4. The van der Waals surface area contributed by atoms with E-state index in [1.165, 1.54) is 28.9 Å². The fourth-order valence-corrected chi connectivity index (χ4v) is 2.51. The van der Waals surface area contributed by atoms with Gasteiger partial charge < -0.3 is 10.4 Å². The van der Waals surface area contributed by atoms with Crippen LogP contribution in [0.25, 0.3) is 5.69 Å². The number of aliphatic carboxylic acids is 1. The summed E-state index contributed by atoms with van der Waals surface area (Å²) >= 11 is 0. The van der Waals surface area contributed by atoms with E-state index in [4.69, 9.17) is 0 Å². The topological polar surface area (TPSA) is 97.1 Å². The van der Waals surface area contributed by atoms with Crippen molar-refractivity contribution < 1.29 is 19.1 Å². The first kappa shape index (κ1) is 15.1. The SMILES string of the molecule is Cc1nc(C(=O)NC2(C(=O)O)CCC2)nn1-c1ccc(F)cc1. The summed E-state index contributed by atoms with van der Waals surface area (Å²) in [6.07, 6.45) is 1.54. The maximum atomic E-state index is 13.0. The van der Waals surface area contributed by atoms with Crippen LogP contribution in [0.2, 0.25) is 0 Å². The molecular formula is C15H15FN4O3. The van der Waals surface area contributed by atoms with Gasteiger partial charge in [0.2, 0.25) is 5.82 Å². The summed E-state index contributed by atoms with van der Waals surface area (Å²) in [5.74, 6) is -1.72. The van der Waals surface area contributed by atoms with E-state index in [1.54, 1.807) is 6.92 Å². The molecule has 1 fully saturated rings. The Bertz CT molecular complexity index is 766. The van der Waals surface area contributed by atoms with E-state index in [9.17, 15) is 19.1 Å². The number of hydrogen-bond acceptors (Lipinski definition) is 4. The van der Waals surface area contributed by atoms with Crippen LogP contribution in [0.3, 0.4) is 0 Å². The Morgan fingerprint density at radius 3 is 2.48 bits per heavy atom. The number of nitrogens with one attached hydrogen (secondary N) is 1. The summed E-state index contributed by atoms with van der Waals surface area (Å²) in [6.45, 7) is 1.66. The maximum Gasteiger partial charge on any atom is 0.329 e. The number of amides is 1. The van der Waals surface area contributed by atoms with Crippen molar-refractivity contribution >= 4 is 11.9 Å². The summed E-state index contributed by atoms with van der Waals surface area (Å²) in [4.78, 5) is 27.6. The van der Waals surface area contributed by atoms with E-state index >= 15 is 0 Å². The summed E-state index contributed by atoms with van der Waals surface area (Å²) in [7, 11) is 0. The monoisotopic (exact) mass is 318 g/mol. The van der Waals surface area contributed by atoms with Gasteiger partial charge in [0.25, 0.3) is 5.91 Å². The molecule has 0 spiro atoms. The zero-order valence-electron chi connectivity index (χ0n) is 12.4. The van der Waals surface area contributed by atoms with Gasteiger partial charge in [-0.05, 0) is 50.5 Å². The molecule has 120 valence electrons. The minimum Gasteiger partial charge on any atom is -0.480 e. The van der Waals surface area contributed by atoms with Crippen molar-refractivity contribution in [3.63, 3.8) is 0 Å². The standard InChI is InChI=1S/C15H15FN4O3/c1-9-17-12(13(21)18-15(14(22)23)7-2-8-15)19-20(9)11-5-3-10(16)4-6-11/h3-6H,2,7-8H2,1H3,(H,18,21)(H,22,23). The molecular weight excluding hydrogens is 303 g/mol. The third-order valence-corrected chi connectivity index (χ3v) is 4.01. The van der Waals surface area contributed by atoms with Gasteiger partial charge in [0, 0.05) is 0 Å². The molecule has 0 saturated heterocycles. The normalized spacial score (nSPS) is 15.7. The molecule has 0 radical (unpaired) electrons. The van der Waals surface area contributed by atoms with Gasteiger partial charge in [-0.15, -0.1) is 5.10 Å². The molecule has 2 aromatic rings. The lowest BCUT2D eigenvalue weighted by Crippen LogP contribution is -2.59. The molecule has 0 bridgehead atoms. The van der Waals surface area contributed by atoms with Gasteiger partial charge in [0.05, 0.1) is 5.69 Å². The molecule has 2 N–H and O–H groups in total. The second-order valence-corrected chi connectivity index (χ2v) is 5.57. The number of carbonyl (C=O) groups is 2. The van der Waals surface area contributed by atoms with Crippen LogP contribution in [0.4, 0.5) is 4.39 Å². The van der Waals surface area contributed by atoms with Gasteiger partial charge in [-0.25, -0.2) is 18.9 Å². The molecule has 1 aromatic carbocycles. The second kappa shape index (κ2) is 5.45. The van der Waals surface area contributed by atoms with Crippen molar-refractivity contribution in [3.8, 4) is 5.69 Å². The van der Waals surface area contributed by atoms with Crippen LogP contribution in [-0.2, 0) is 4.79 Å². The maximum absolute atomic E-state index is 13.0. The predicted octanol–water partition coefficient (Wildman–Crippen LogP) is 1.45. The lowest BCUT2D eigenvalue weighted by Gasteiger charge is -2.37. The van der Waals surface area contributed by atoms with Crippen molar-refractivity contribution in [1.29, 1.82) is 0 Å². The number of carboxylic acids is 1. The largest absolute Gasteiger partial charge is 0.480 e. The van der Waals surface area contributed by atoms with Crippen molar-refractivity contribution in [2.75, 3.05) is 0 Å². The molecule has 1 aromatic heterocycles. The van der Waals surface area contributed by atoms with E-state index < -0.39 is 17.4 Å². The van der Waals surface area contributed by atoms with Crippen LogP contribution in [-0.4, -0.2) is 37.3 Å². The molecule has 1 aliphatic rings. The van der Waals surface area contributed by atoms with Gasteiger partial charge in [-0.3, -0.25) is 4.79 Å². The summed E-state index contributed by atoms with van der Waals surface area (Å²) < 4.78 is 14.4. The van der Waals surface area contributed by atoms with Crippen molar-refractivity contribution in [2.24, 2.45) is 0 Å². The van der Waals surface area contributed by atoms with Crippen molar-refractivity contribution in [3.05, 3.63) is 41.7 Å². The highest BCUT2D eigenvalue weighted by molar-refractivity contribution is 5.95. The fraction of sp³-hybridized carbons (Fsp3) is 0.333. The van der Waals surface area contributed by atoms with Gasteiger partial charge in [-0.1, -0.05) is 0 Å². The van der Waals surface area contributed by atoms with E-state index in [0.29, 0.717) is 24.4 Å². The predicted molar refractivity (Wildman–Crippen MR) is 77.7 cm³/mol. The highest BCUT2D eigenvalue weighted by atomic mass is 19.1. The zero-order valence-corrected chi connectivity index (χ0v) is 12.4. The number of halogens is 1. The Morgan fingerprint density at radius 1 is 1.30 bits per heavy atom. The zero-order chi connectivity index (χ0) is 16.6. The van der Waals surface area contributed by atoms with Crippen LogP contribution in [0.5, 0.6) is 0 Å². The van der Waals surface area contributed by atoms with E-state index in [1.807, 2.05) is 0 Å². The number of aryl methyl sites for hydroxylation is 1. The van der Waals surface area contributed by atoms with Gasteiger partial charge >= 0.3 is 5.97 Å². The molecule has 1 heterocycles. The first-order chi connectivity index (χ1) is 10.9. The average molecular weight is 318 g/mol. The lowest BCUT2D eigenvalue weighted by molar-refractivity contribution is -0.148.